The summed E-state index contributed by atoms with van der Waals surface area (Å²) in [5.74, 6) is 0.238. The van der Waals surface area contributed by atoms with Gasteiger partial charge in [0.15, 0.2) is 5.69 Å². The number of halogens is 3. The Morgan fingerprint density at radius 3 is 2.41 bits per heavy atom. The number of nitrogens with zero attached hydrogens (tertiary/aromatic N) is 5. The molecule has 234 valence electrons. The number of alkyl carbamates (subject to hydrolysis) is 1. The second kappa shape index (κ2) is 13.0. The molecule has 1 unspecified atom stereocenters. The Morgan fingerprint density at radius 2 is 1.77 bits per heavy atom. The fourth-order valence-corrected chi connectivity index (χ4v) is 4.77. The molecule has 4 rings (SSSR count). The van der Waals surface area contributed by atoms with Crippen molar-refractivity contribution in [1.29, 1.82) is 0 Å². The van der Waals surface area contributed by atoms with E-state index in [1.54, 1.807) is 33.8 Å². The molecule has 0 spiro atoms. The minimum absolute atomic E-state index is 0.0622. The largest absolute Gasteiger partial charge is 0.444 e. The molecule has 0 aliphatic heterocycles. The molecule has 12 nitrogen and oxygen atoms in total. The lowest BCUT2D eigenvalue weighted by atomic mass is 10.0. The van der Waals surface area contributed by atoms with E-state index < -0.39 is 35.6 Å². The molecule has 1 atom stereocenters. The average molecular weight is 633 g/mol. The minimum Gasteiger partial charge on any atom is -0.444 e. The molecular weight excluding hydrogens is 601 g/mol. The lowest BCUT2D eigenvalue weighted by molar-refractivity contribution is -0.140. The van der Waals surface area contributed by atoms with E-state index in [0.717, 1.165) is 16.7 Å². The van der Waals surface area contributed by atoms with Gasteiger partial charge in [0.05, 0.1) is 5.56 Å². The van der Waals surface area contributed by atoms with Crippen LogP contribution in [0.5, 0.6) is 0 Å². The summed E-state index contributed by atoms with van der Waals surface area (Å²) in [5, 5.41) is 17.1. The molecule has 0 fully saturated rings. The van der Waals surface area contributed by atoms with Crippen molar-refractivity contribution in [2.75, 3.05) is 11.9 Å². The SMILES string of the molecule is CCNC(=O)Nc1cc(-c2nc(C(F)(F)F)cs2)c(-c2cncc(-c3nnc(C(NC(=O)OC(C)(C)C)C(C)C)o3)c2)cn1. The van der Waals surface area contributed by atoms with Crippen LogP contribution in [0.15, 0.2) is 40.5 Å². The van der Waals surface area contributed by atoms with Crippen LogP contribution >= 0.6 is 11.3 Å². The maximum Gasteiger partial charge on any atom is 0.434 e. The number of alkyl halides is 3. The summed E-state index contributed by atoms with van der Waals surface area (Å²) in [6.07, 6.45) is -0.883. The normalized spacial score (nSPS) is 12.6. The number of pyridine rings is 2. The summed E-state index contributed by atoms with van der Waals surface area (Å²) in [5.41, 5.74) is -0.177. The smallest absolute Gasteiger partial charge is 0.434 e. The number of carbonyl (C=O) groups is 2. The number of nitrogens with one attached hydrogen (secondary N) is 3. The zero-order chi connectivity index (χ0) is 32.2. The first kappa shape index (κ1) is 32.3. The molecule has 0 aliphatic rings. The first-order chi connectivity index (χ1) is 20.6. The number of hydrogen-bond donors (Lipinski definition) is 3. The average Bonchev–Trinajstić information content (AvgIpc) is 3.62. The highest BCUT2D eigenvalue weighted by Crippen LogP contribution is 2.39. The third kappa shape index (κ3) is 8.06. The highest BCUT2D eigenvalue weighted by molar-refractivity contribution is 7.13. The van der Waals surface area contributed by atoms with E-state index in [1.165, 1.54) is 24.7 Å². The van der Waals surface area contributed by atoms with Crippen molar-refractivity contribution in [2.45, 2.75) is 59.4 Å². The number of urea groups is 1. The molecule has 0 aromatic carbocycles. The van der Waals surface area contributed by atoms with Crippen molar-refractivity contribution >= 4 is 29.3 Å². The predicted molar refractivity (Wildman–Crippen MR) is 157 cm³/mol. The first-order valence-electron chi connectivity index (χ1n) is 13.5. The van der Waals surface area contributed by atoms with Gasteiger partial charge in [0.1, 0.15) is 22.5 Å². The quantitative estimate of drug-likeness (QED) is 0.192. The van der Waals surface area contributed by atoms with Crippen LogP contribution in [0.1, 0.15) is 59.2 Å². The van der Waals surface area contributed by atoms with Crippen LogP contribution in [-0.2, 0) is 10.9 Å². The molecule has 0 bridgehead atoms. The van der Waals surface area contributed by atoms with Crippen LogP contribution in [0.4, 0.5) is 28.6 Å². The third-order valence-corrected chi connectivity index (χ3v) is 6.73. The van der Waals surface area contributed by atoms with Gasteiger partial charge >= 0.3 is 18.3 Å². The number of ether oxygens (including phenoxy) is 1. The fraction of sp³-hybridized carbons (Fsp3) is 0.393. The summed E-state index contributed by atoms with van der Waals surface area (Å²) in [6.45, 7) is 11.1. The standard InChI is InChI=1S/C28H31F3N8O4S/c1-7-33-25(40)36-20-9-17(24-35-19(13-44-24)28(29,30)31)18(12-34-20)15-8-16(11-32-10-15)22-38-39-23(42-22)21(14(2)3)37-26(41)43-27(4,5)6/h8-14,21H,7H2,1-6H3,(H,37,41)(H2,33,34,36,40). The van der Waals surface area contributed by atoms with E-state index >= 15 is 0 Å². The van der Waals surface area contributed by atoms with Gasteiger partial charge in [0, 0.05) is 47.2 Å². The topological polar surface area (TPSA) is 157 Å². The van der Waals surface area contributed by atoms with Gasteiger partial charge in [0.25, 0.3) is 0 Å². The number of aromatic nitrogens is 5. The Balaban J connectivity index is 1.70. The van der Waals surface area contributed by atoms with Crippen molar-refractivity contribution in [1.82, 2.24) is 35.8 Å². The molecule has 3 N–H and O–H groups in total. The maximum atomic E-state index is 13.4. The fourth-order valence-electron chi connectivity index (χ4n) is 3.91. The number of anilines is 1. The molecule has 0 aliphatic carbocycles. The van der Waals surface area contributed by atoms with Gasteiger partial charge in [-0.25, -0.2) is 19.6 Å². The van der Waals surface area contributed by atoms with Gasteiger partial charge in [-0.3, -0.25) is 10.3 Å². The summed E-state index contributed by atoms with van der Waals surface area (Å²) in [7, 11) is 0. The maximum absolute atomic E-state index is 13.4. The van der Waals surface area contributed by atoms with E-state index in [0.29, 0.717) is 28.8 Å². The van der Waals surface area contributed by atoms with E-state index in [4.69, 9.17) is 9.15 Å². The van der Waals surface area contributed by atoms with Crippen LogP contribution < -0.4 is 16.0 Å². The number of carbonyl (C=O) groups excluding carboxylic acids is 2. The third-order valence-electron chi connectivity index (χ3n) is 5.85. The molecule has 4 aromatic heterocycles. The van der Waals surface area contributed by atoms with Gasteiger partial charge in [0.2, 0.25) is 11.8 Å². The second-order valence-corrected chi connectivity index (χ2v) is 11.8. The zero-order valence-corrected chi connectivity index (χ0v) is 25.6. The lowest BCUT2D eigenvalue weighted by Gasteiger charge is -2.23. The van der Waals surface area contributed by atoms with Crippen LogP contribution in [0.3, 0.4) is 0 Å². The predicted octanol–water partition coefficient (Wildman–Crippen LogP) is 6.70. The van der Waals surface area contributed by atoms with Crippen molar-refractivity contribution in [3.8, 4) is 33.2 Å². The molecule has 0 saturated carbocycles. The van der Waals surface area contributed by atoms with Gasteiger partial charge < -0.3 is 19.8 Å². The number of rotatable bonds is 8. The molecule has 44 heavy (non-hydrogen) atoms. The summed E-state index contributed by atoms with van der Waals surface area (Å²) in [4.78, 5) is 36.8. The molecule has 4 heterocycles. The molecule has 0 radical (unpaired) electrons. The summed E-state index contributed by atoms with van der Waals surface area (Å²) < 4.78 is 51.4. The Kier molecular flexibility index (Phi) is 9.51. The summed E-state index contributed by atoms with van der Waals surface area (Å²) >= 11 is 0.801. The second-order valence-electron chi connectivity index (χ2n) is 10.9. The Bertz CT molecular complexity index is 1630. The summed E-state index contributed by atoms with van der Waals surface area (Å²) in [6, 6.07) is 1.93. The first-order valence-corrected chi connectivity index (χ1v) is 14.4. The lowest BCUT2D eigenvalue weighted by Crippen LogP contribution is -2.37. The molecule has 3 amide bonds. The zero-order valence-electron chi connectivity index (χ0n) is 24.7. The van der Waals surface area contributed by atoms with Crippen LogP contribution in [0.25, 0.3) is 33.2 Å². The van der Waals surface area contributed by atoms with Gasteiger partial charge in [-0.05, 0) is 45.7 Å². The monoisotopic (exact) mass is 632 g/mol. The van der Waals surface area contributed by atoms with Gasteiger partial charge in [-0.2, -0.15) is 13.2 Å². The van der Waals surface area contributed by atoms with Crippen LogP contribution in [0.2, 0.25) is 0 Å². The molecular formula is C28H31F3N8O4S. The van der Waals surface area contributed by atoms with E-state index in [9.17, 15) is 22.8 Å². The molecule has 4 aromatic rings. The van der Waals surface area contributed by atoms with E-state index in [2.05, 4.69) is 41.1 Å². The highest BCUT2D eigenvalue weighted by Gasteiger charge is 2.34. The minimum atomic E-state index is -4.63. The van der Waals surface area contributed by atoms with Crippen molar-refractivity contribution < 1.29 is 31.9 Å². The van der Waals surface area contributed by atoms with Crippen LogP contribution in [-0.4, -0.2) is 49.4 Å². The number of hydrogen-bond acceptors (Lipinski definition) is 10. The van der Waals surface area contributed by atoms with Crippen molar-refractivity contribution in [3.05, 3.63) is 47.7 Å². The van der Waals surface area contributed by atoms with E-state index in [-0.39, 0.29) is 28.5 Å². The van der Waals surface area contributed by atoms with Crippen LogP contribution in [0, 0.1) is 5.92 Å². The van der Waals surface area contributed by atoms with E-state index in [1.807, 2.05) is 13.8 Å². The Labute approximate surface area is 254 Å². The van der Waals surface area contributed by atoms with Crippen molar-refractivity contribution in [3.63, 3.8) is 0 Å². The highest BCUT2D eigenvalue weighted by atomic mass is 32.1. The molecule has 0 saturated heterocycles. The van der Waals surface area contributed by atoms with Crippen molar-refractivity contribution in [2.24, 2.45) is 5.92 Å². The van der Waals surface area contributed by atoms with Gasteiger partial charge in [-0.15, -0.1) is 21.5 Å². The van der Waals surface area contributed by atoms with Gasteiger partial charge in [-0.1, -0.05) is 13.8 Å². The molecule has 16 heteroatoms. The number of amides is 3. The Morgan fingerprint density at radius 1 is 1.05 bits per heavy atom. The Hall–Kier alpha value is -4.60. The number of thiazole rings is 1.